The third-order valence-electron chi connectivity index (χ3n) is 4.01. The van der Waals surface area contributed by atoms with Gasteiger partial charge >= 0.3 is 6.18 Å². The van der Waals surface area contributed by atoms with Gasteiger partial charge in [-0.05, 0) is 50.2 Å². The van der Waals surface area contributed by atoms with E-state index in [2.05, 4.69) is 15.6 Å². The quantitative estimate of drug-likeness (QED) is 0.595. The summed E-state index contributed by atoms with van der Waals surface area (Å²) in [7, 11) is 0. The van der Waals surface area contributed by atoms with E-state index in [4.69, 9.17) is 4.42 Å². The molecule has 0 aliphatic carbocycles. The van der Waals surface area contributed by atoms with Gasteiger partial charge in [0.1, 0.15) is 11.5 Å². The highest BCUT2D eigenvalue weighted by molar-refractivity contribution is 5.91. The summed E-state index contributed by atoms with van der Waals surface area (Å²) in [6, 6.07) is 9.27. The van der Waals surface area contributed by atoms with Crippen LogP contribution in [0.25, 0.3) is 10.9 Å². The number of rotatable bonds is 7. The molecule has 138 valence electrons. The molecule has 0 fully saturated rings. The highest BCUT2D eigenvalue weighted by Crippen LogP contribution is 2.32. The Morgan fingerprint density at radius 1 is 1.08 bits per heavy atom. The molecule has 0 radical (unpaired) electrons. The first kappa shape index (κ1) is 18.3. The molecule has 3 aromatic rings. The lowest BCUT2D eigenvalue weighted by Gasteiger charge is -2.12. The Morgan fingerprint density at radius 2 is 1.92 bits per heavy atom. The molecule has 7 heteroatoms. The summed E-state index contributed by atoms with van der Waals surface area (Å²) in [6.45, 7) is 4.08. The topological polar surface area (TPSA) is 50.1 Å². The monoisotopic (exact) mass is 363 g/mol. The van der Waals surface area contributed by atoms with E-state index >= 15 is 0 Å². The molecule has 4 nitrogen and oxygen atoms in total. The number of furan rings is 1. The van der Waals surface area contributed by atoms with E-state index in [0.717, 1.165) is 42.3 Å². The lowest BCUT2D eigenvalue weighted by molar-refractivity contribution is -0.137. The summed E-state index contributed by atoms with van der Waals surface area (Å²) in [5.74, 6) is 1.79. The van der Waals surface area contributed by atoms with Gasteiger partial charge in [0.05, 0.1) is 17.6 Å². The number of alkyl halides is 3. The summed E-state index contributed by atoms with van der Waals surface area (Å²) in [5, 5.41) is 7.24. The summed E-state index contributed by atoms with van der Waals surface area (Å²) < 4.78 is 43.9. The van der Waals surface area contributed by atoms with Crippen molar-refractivity contribution in [3.63, 3.8) is 0 Å². The highest BCUT2D eigenvalue weighted by Gasteiger charge is 2.30. The van der Waals surface area contributed by atoms with Gasteiger partial charge in [-0.15, -0.1) is 0 Å². The summed E-state index contributed by atoms with van der Waals surface area (Å²) in [5.41, 5.74) is 0.425. The van der Waals surface area contributed by atoms with Crippen LogP contribution in [0, 0.1) is 6.92 Å². The lowest BCUT2D eigenvalue weighted by atomic mass is 10.1. The van der Waals surface area contributed by atoms with Crippen LogP contribution in [0.4, 0.5) is 18.9 Å². The molecule has 26 heavy (non-hydrogen) atoms. The number of hydrogen-bond donors (Lipinski definition) is 2. The molecule has 2 N–H and O–H groups in total. The number of nitrogens with zero attached hydrogens (tertiary/aromatic N) is 1. The molecular weight excluding hydrogens is 343 g/mol. The molecule has 0 atom stereocenters. The van der Waals surface area contributed by atoms with E-state index in [1.54, 1.807) is 6.07 Å². The standard InChI is InChI=1S/C19H20F3N3O/c1-13-3-5-15(26-13)12-23-8-2-9-24-17-7-10-25-18-11-14(19(20,21)22)4-6-16(17)18/h3-7,10-11,23H,2,8-9,12H2,1H3,(H,24,25). The number of pyridine rings is 1. The number of aromatic nitrogens is 1. The van der Waals surface area contributed by atoms with E-state index < -0.39 is 11.7 Å². The Labute approximate surface area is 149 Å². The van der Waals surface area contributed by atoms with E-state index in [9.17, 15) is 13.2 Å². The fourth-order valence-electron chi connectivity index (χ4n) is 2.71. The van der Waals surface area contributed by atoms with Crippen molar-refractivity contribution in [2.24, 2.45) is 0 Å². The molecule has 0 amide bonds. The molecule has 0 aliphatic rings. The van der Waals surface area contributed by atoms with Crippen LogP contribution >= 0.6 is 0 Å². The molecule has 0 bridgehead atoms. The Bertz CT molecular complexity index is 874. The molecule has 2 aromatic heterocycles. The minimum absolute atomic E-state index is 0.330. The van der Waals surface area contributed by atoms with Crippen LogP contribution in [0.15, 0.2) is 47.0 Å². The molecule has 0 unspecified atom stereocenters. The highest BCUT2D eigenvalue weighted by atomic mass is 19.4. The average molecular weight is 363 g/mol. The average Bonchev–Trinajstić information content (AvgIpc) is 3.02. The Kier molecular flexibility index (Phi) is 5.46. The van der Waals surface area contributed by atoms with Crippen LogP contribution in [0.2, 0.25) is 0 Å². The Morgan fingerprint density at radius 3 is 2.65 bits per heavy atom. The first-order valence-electron chi connectivity index (χ1n) is 8.39. The second kappa shape index (κ2) is 7.78. The van der Waals surface area contributed by atoms with Crippen LogP contribution in [-0.4, -0.2) is 18.1 Å². The number of fused-ring (bicyclic) bond motifs is 1. The van der Waals surface area contributed by atoms with E-state index in [0.29, 0.717) is 24.0 Å². The van der Waals surface area contributed by atoms with Crippen molar-refractivity contribution in [3.8, 4) is 0 Å². The molecule has 1 aromatic carbocycles. The van der Waals surface area contributed by atoms with Crippen molar-refractivity contribution in [1.82, 2.24) is 10.3 Å². The van der Waals surface area contributed by atoms with Gasteiger partial charge in [0, 0.05) is 23.8 Å². The van der Waals surface area contributed by atoms with Crippen LogP contribution < -0.4 is 10.6 Å². The van der Waals surface area contributed by atoms with Gasteiger partial charge in [-0.1, -0.05) is 6.07 Å². The maximum Gasteiger partial charge on any atom is 0.416 e. The fourth-order valence-corrected chi connectivity index (χ4v) is 2.71. The van der Waals surface area contributed by atoms with Gasteiger partial charge in [-0.2, -0.15) is 13.2 Å². The molecule has 0 saturated heterocycles. The first-order chi connectivity index (χ1) is 12.4. The smallest absolute Gasteiger partial charge is 0.416 e. The third-order valence-corrected chi connectivity index (χ3v) is 4.01. The summed E-state index contributed by atoms with van der Waals surface area (Å²) in [6.07, 6.45) is -1.98. The lowest BCUT2D eigenvalue weighted by Crippen LogP contribution is -2.17. The number of benzene rings is 1. The third kappa shape index (κ3) is 4.54. The van der Waals surface area contributed by atoms with Gasteiger partial charge in [-0.25, -0.2) is 0 Å². The Hall–Kier alpha value is -2.54. The minimum Gasteiger partial charge on any atom is -0.465 e. The molecule has 2 heterocycles. The van der Waals surface area contributed by atoms with Crippen molar-refractivity contribution >= 4 is 16.6 Å². The molecule has 3 rings (SSSR count). The zero-order chi connectivity index (χ0) is 18.6. The van der Waals surface area contributed by atoms with E-state index in [1.165, 1.54) is 12.3 Å². The van der Waals surface area contributed by atoms with Crippen molar-refractivity contribution < 1.29 is 17.6 Å². The number of halogens is 3. The number of nitrogens with one attached hydrogen (secondary N) is 2. The largest absolute Gasteiger partial charge is 0.465 e. The fraction of sp³-hybridized carbons (Fsp3) is 0.316. The van der Waals surface area contributed by atoms with E-state index in [1.807, 2.05) is 19.1 Å². The normalized spacial score (nSPS) is 11.8. The van der Waals surface area contributed by atoms with Crippen molar-refractivity contribution in [3.05, 3.63) is 59.7 Å². The van der Waals surface area contributed by atoms with Crippen LogP contribution in [0.1, 0.15) is 23.5 Å². The van der Waals surface area contributed by atoms with Crippen molar-refractivity contribution in [2.75, 3.05) is 18.4 Å². The predicted molar refractivity (Wildman–Crippen MR) is 95.0 cm³/mol. The molecular formula is C19H20F3N3O. The zero-order valence-corrected chi connectivity index (χ0v) is 14.4. The SMILES string of the molecule is Cc1ccc(CNCCCNc2ccnc3cc(C(F)(F)F)ccc23)o1. The maximum absolute atomic E-state index is 12.8. The summed E-state index contributed by atoms with van der Waals surface area (Å²) >= 11 is 0. The van der Waals surface area contributed by atoms with Gasteiger partial charge in [0.25, 0.3) is 0 Å². The Balaban J connectivity index is 1.52. The molecule has 0 aliphatic heterocycles. The molecule has 0 saturated carbocycles. The second-order valence-corrected chi connectivity index (χ2v) is 6.06. The summed E-state index contributed by atoms with van der Waals surface area (Å²) in [4.78, 5) is 4.05. The van der Waals surface area contributed by atoms with Gasteiger partial charge in [0.2, 0.25) is 0 Å². The van der Waals surface area contributed by atoms with Crippen molar-refractivity contribution in [2.45, 2.75) is 26.1 Å². The maximum atomic E-state index is 12.8. The number of anilines is 1. The van der Waals surface area contributed by atoms with Crippen LogP contribution in [0.3, 0.4) is 0 Å². The molecule has 0 spiro atoms. The van der Waals surface area contributed by atoms with Gasteiger partial charge in [0.15, 0.2) is 0 Å². The van der Waals surface area contributed by atoms with Crippen LogP contribution in [0.5, 0.6) is 0 Å². The zero-order valence-electron chi connectivity index (χ0n) is 14.4. The van der Waals surface area contributed by atoms with Gasteiger partial charge in [-0.3, -0.25) is 4.98 Å². The number of aryl methyl sites for hydroxylation is 1. The van der Waals surface area contributed by atoms with Gasteiger partial charge < -0.3 is 15.1 Å². The van der Waals surface area contributed by atoms with Crippen LogP contribution in [-0.2, 0) is 12.7 Å². The minimum atomic E-state index is -4.36. The second-order valence-electron chi connectivity index (χ2n) is 6.06. The first-order valence-corrected chi connectivity index (χ1v) is 8.39. The predicted octanol–water partition coefficient (Wildman–Crippen LogP) is 4.75. The van der Waals surface area contributed by atoms with Crippen molar-refractivity contribution in [1.29, 1.82) is 0 Å². The number of hydrogen-bond acceptors (Lipinski definition) is 4. The van der Waals surface area contributed by atoms with E-state index in [-0.39, 0.29) is 0 Å².